The molecule has 1 amide bonds. The van der Waals surface area contributed by atoms with Crippen molar-refractivity contribution in [1.82, 2.24) is 4.90 Å². The van der Waals surface area contributed by atoms with Gasteiger partial charge in [-0.3, -0.25) is 4.79 Å². The van der Waals surface area contributed by atoms with E-state index in [0.717, 1.165) is 23.3 Å². The summed E-state index contributed by atoms with van der Waals surface area (Å²) in [5.74, 6) is 0.201. The zero-order valence-corrected chi connectivity index (χ0v) is 11.2. The van der Waals surface area contributed by atoms with Gasteiger partial charge in [0.2, 0.25) is 0 Å². The van der Waals surface area contributed by atoms with Crippen LogP contribution >= 0.6 is 11.8 Å². The maximum absolute atomic E-state index is 12.2. The maximum Gasteiger partial charge on any atom is 0.253 e. The molecule has 1 aliphatic heterocycles. The molecule has 0 spiro atoms. The molecule has 0 unspecified atom stereocenters. The number of rotatable bonds is 2. The van der Waals surface area contributed by atoms with Crippen LogP contribution in [-0.2, 0) is 0 Å². The summed E-state index contributed by atoms with van der Waals surface area (Å²) < 4.78 is 0. The van der Waals surface area contributed by atoms with Crippen LogP contribution in [0.2, 0.25) is 0 Å². The lowest BCUT2D eigenvalue weighted by Crippen LogP contribution is -2.38. The van der Waals surface area contributed by atoms with E-state index >= 15 is 0 Å². The molecule has 2 rings (SSSR count). The number of benzene rings is 1. The summed E-state index contributed by atoms with van der Waals surface area (Å²) in [6.07, 6.45) is 3.61. The number of thioether (sulfide) groups is 1. The van der Waals surface area contributed by atoms with Gasteiger partial charge in [-0.2, -0.15) is 5.26 Å². The van der Waals surface area contributed by atoms with Gasteiger partial charge in [-0.15, -0.1) is 11.8 Å². The highest BCUT2D eigenvalue weighted by Crippen LogP contribution is 2.20. The Morgan fingerprint density at radius 1 is 1.33 bits per heavy atom. The average Bonchev–Trinajstić information content (AvgIpc) is 2.47. The fraction of sp³-hybridized carbons (Fsp3) is 0.429. The first-order chi connectivity index (χ1) is 8.74. The molecule has 1 aliphatic rings. The summed E-state index contributed by atoms with van der Waals surface area (Å²) in [6.45, 7) is 1.39. The molecule has 1 aromatic carbocycles. The molecular weight excluding hydrogens is 244 g/mol. The van der Waals surface area contributed by atoms with Crippen molar-refractivity contribution in [3.8, 4) is 6.07 Å². The molecule has 1 heterocycles. The zero-order valence-electron chi connectivity index (χ0n) is 10.4. The van der Waals surface area contributed by atoms with Gasteiger partial charge in [0.05, 0.1) is 6.07 Å². The van der Waals surface area contributed by atoms with Gasteiger partial charge in [-0.25, -0.2) is 0 Å². The first-order valence-electron chi connectivity index (χ1n) is 6.07. The number of piperidine rings is 1. The van der Waals surface area contributed by atoms with Crippen LogP contribution in [0.5, 0.6) is 0 Å². The second-order valence-electron chi connectivity index (χ2n) is 4.42. The van der Waals surface area contributed by atoms with Crippen LogP contribution in [0.15, 0.2) is 29.2 Å². The maximum atomic E-state index is 12.2. The average molecular weight is 260 g/mol. The Balaban J connectivity index is 2.01. The van der Waals surface area contributed by atoms with Gasteiger partial charge in [0.1, 0.15) is 0 Å². The van der Waals surface area contributed by atoms with Crippen molar-refractivity contribution in [3.63, 3.8) is 0 Å². The zero-order chi connectivity index (χ0) is 13.0. The summed E-state index contributed by atoms with van der Waals surface area (Å²) >= 11 is 1.67. The summed E-state index contributed by atoms with van der Waals surface area (Å²) in [4.78, 5) is 15.2. The van der Waals surface area contributed by atoms with Gasteiger partial charge in [0.25, 0.3) is 5.91 Å². The molecule has 0 saturated carbocycles. The topological polar surface area (TPSA) is 44.1 Å². The molecular formula is C14H16N2OS. The van der Waals surface area contributed by atoms with Crippen molar-refractivity contribution >= 4 is 17.7 Å². The van der Waals surface area contributed by atoms with E-state index in [4.69, 9.17) is 5.26 Å². The van der Waals surface area contributed by atoms with E-state index in [9.17, 15) is 4.79 Å². The largest absolute Gasteiger partial charge is 0.339 e. The van der Waals surface area contributed by atoms with E-state index in [1.54, 1.807) is 11.8 Å². The predicted molar refractivity (Wildman–Crippen MR) is 72.5 cm³/mol. The third-order valence-corrected chi connectivity index (χ3v) is 4.05. The van der Waals surface area contributed by atoms with Crippen molar-refractivity contribution in [1.29, 1.82) is 5.26 Å². The van der Waals surface area contributed by atoms with E-state index in [1.165, 1.54) is 0 Å². The molecule has 1 aromatic rings. The molecule has 0 aliphatic carbocycles. The molecule has 1 fully saturated rings. The SMILES string of the molecule is CSc1ccc(C(=O)N2CCC(C#N)CC2)cc1. The summed E-state index contributed by atoms with van der Waals surface area (Å²) in [6, 6.07) is 9.98. The number of carbonyl (C=O) groups is 1. The number of likely N-dealkylation sites (tertiary alicyclic amines) is 1. The predicted octanol–water partition coefficient (Wildman–Crippen LogP) is 2.78. The minimum absolute atomic E-state index is 0.0824. The van der Waals surface area contributed by atoms with Gasteiger partial charge in [-0.1, -0.05) is 0 Å². The van der Waals surface area contributed by atoms with E-state index in [-0.39, 0.29) is 11.8 Å². The van der Waals surface area contributed by atoms with Crippen LogP contribution in [0.4, 0.5) is 0 Å². The van der Waals surface area contributed by atoms with Crippen LogP contribution in [0.1, 0.15) is 23.2 Å². The quantitative estimate of drug-likeness (QED) is 0.768. The lowest BCUT2D eigenvalue weighted by atomic mass is 9.98. The van der Waals surface area contributed by atoms with E-state index in [0.29, 0.717) is 13.1 Å². The molecule has 94 valence electrons. The molecule has 1 saturated heterocycles. The second-order valence-corrected chi connectivity index (χ2v) is 5.30. The molecule has 0 radical (unpaired) electrons. The van der Waals surface area contributed by atoms with Gasteiger partial charge < -0.3 is 4.90 Å². The molecule has 0 aromatic heterocycles. The van der Waals surface area contributed by atoms with Crippen molar-refractivity contribution in [2.75, 3.05) is 19.3 Å². The minimum atomic E-state index is 0.0824. The normalized spacial score (nSPS) is 16.3. The van der Waals surface area contributed by atoms with Crippen LogP contribution in [-0.4, -0.2) is 30.2 Å². The van der Waals surface area contributed by atoms with E-state index in [1.807, 2.05) is 35.4 Å². The molecule has 0 bridgehead atoms. The Labute approximate surface area is 112 Å². The summed E-state index contributed by atoms with van der Waals surface area (Å²) in [5.41, 5.74) is 0.739. The smallest absolute Gasteiger partial charge is 0.253 e. The number of carbonyl (C=O) groups excluding carboxylic acids is 1. The van der Waals surface area contributed by atoms with Gasteiger partial charge >= 0.3 is 0 Å². The Morgan fingerprint density at radius 2 is 1.94 bits per heavy atom. The summed E-state index contributed by atoms with van der Waals surface area (Å²) in [7, 11) is 0. The van der Waals surface area contributed by atoms with Gasteiger partial charge in [0.15, 0.2) is 0 Å². The Kier molecular flexibility index (Phi) is 4.27. The molecule has 18 heavy (non-hydrogen) atoms. The van der Waals surface area contributed by atoms with Gasteiger partial charge in [-0.05, 0) is 43.4 Å². The number of nitrogens with zero attached hydrogens (tertiary/aromatic N) is 2. The Morgan fingerprint density at radius 3 is 2.44 bits per heavy atom. The summed E-state index contributed by atoms with van der Waals surface area (Å²) in [5, 5.41) is 8.83. The van der Waals surface area contributed by atoms with Crippen LogP contribution < -0.4 is 0 Å². The van der Waals surface area contributed by atoms with E-state index < -0.39 is 0 Å². The first kappa shape index (κ1) is 13.0. The van der Waals surface area contributed by atoms with Crippen LogP contribution in [0, 0.1) is 17.2 Å². The number of nitriles is 1. The molecule has 0 atom stereocenters. The first-order valence-corrected chi connectivity index (χ1v) is 7.30. The fourth-order valence-corrected chi connectivity index (χ4v) is 2.54. The minimum Gasteiger partial charge on any atom is -0.339 e. The van der Waals surface area contributed by atoms with E-state index in [2.05, 4.69) is 6.07 Å². The highest BCUT2D eigenvalue weighted by atomic mass is 32.2. The van der Waals surface area contributed by atoms with Gasteiger partial charge in [0, 0.05) is 29.5 Å². The van der Waals surface area contributed by atoms with Crippen LogP contribution in [0.3, 0.4) is 0 Å². The molecule has 0 N–H and O–H groups in total. The van der Waals surface area contributed by atoms with Crippen molar-refractivity contribution in [2.24, 2.45) is 5.92 Å². The number of hydrogen-bond donors (Lipinski definition) is 0. The van der Waals surface area contributed by atoms with Crippen molar-refractivity contribution in [2.45, 2.75) is 17.7 Å². The lowest BCUT2D eigenvalue weighted by molar-refractivity contribution is 0.0707. The number of amides is 1. The standard InChI is InChI=1S/C14H16N2OS/c1-18-13-4-2-12(3-5-13)14(17)16-8-6-11(10-15)7-9-16/h2-5,11H,6-9H2,1H3. The third-order valence-electron chi connectivity index (χ3n) is 3.30. The lowest BCUT2D eigenvalue weighted by Gasteiger charge is -2.29. The van der Waals surface area contributed by atoms with Crippen molar-refractivity contribution < 1.29 is 4.79 Å². The third kappa shape index (κ3) is 2.85. The monoisotopic (exact) mass is 260 g/mol. The molecule has 3 nitrogen and oxygen atoms in total. The second kappa shape index (κ2) is 5.92. The Hall–Kier alpha value is -1.47. The fourth-order valence-electron chi connectivity index (χ4n) is 2.13. The highest BCUT2D eigenvalue weighted by Gasteiger charge is 2.23. The molecule has 4 heteroatoms. The number of hydrogen-bond acceptors (Lipinski definition) is 3. The van der Waals surface area contributed by atoms with Crippen molar-refractivity contribution in [3.05, 3.63) is 29.8 Å². The highest BCUT2D eigenvalue weighted by molar-refractivity contribution is 7.98. The van der Waals surface area contributed by atoms with Crippen LogP contribution in [0.25, 0.3) is 0 Å². The Bertz CT molecular complexity index is 456.